The lowest BCUT2D eigenvalue weighted by Crippen LogP contribution is -2.02. The molecule has 0 saturated carbocycles. The summed E-state index contributed by atoms with van der Waals surface area (Å²) in [6, 6.07) is 4.57. The minimum absolute atomic E-state index is 0.189. The maximum atomic E-state index is 11.7. The van der Waals surface area contributed by atoms with Crippen LogP contribution in [0.4, 0.5) is 0 Å². The number of ether oxygens (including phenoxy) is 2. The van der Waals surface area contributed by atoms with Gasteiger partial charge in [0.05, 0.1) is 14.2 Å². The Morgan fingerprint density at radius 3 is 2.56 bits per heavy atom. The lowest BCUT2D eigenvalue weighted by atomic mass is 10.2. The Balaban J connectivity index is 2.89. The maximum Gasteiger partial charge on any atom is 0.197 e. The van der Waals surface area contributed by atoms with Crippen LogP contribution in [0.15, 0.2) is 32.5 Å². The van der Waals surface area contributed by atoms with Crippen LogP contribution < -0.4 is 14.9 Å². The molecule has 0 aliphatic heterocycles. The second-order valence-corrected chi connectivity index (χ2v) is 3.59. The first-order valence-electron chi connectivity index (χ1n) is 4.54. The Labute approximate surface area is 97.2 Å². The zero-order valence-corrected chi connectivity index (χ0v) is 9.71. The number of hydrogen-bond acceptors (Lipinski definition) is 5. The predicted octanol–water partition coefficient (Wildman–Crippen LogP) is 2.10. The molecule has 0 fully saturated rings. The molecule has 0 unspecified atom stereocenters. The Morgan fingerprint density at radius 1 is 1.19 bits per heavy atom. The molecule has 0 aliphatic carbocycles. The van der Waals surface area contributed by atoms with Crippen LogP contribution in [-0.2, 0) is 0 Å². The van der Waals surface area contributed by atoms with Gasteiger partial charge in [-0.3, -0.25) is 4.79 Å². The summed E-state index contributed by atoms with van der Waals surface area (Å²) in [5, 5.41) is 0.647. The molecule has 0 bridgehead atoms. The highest BCUT2D eigenvalue weighted by molar-refractivity contribution is 7.80. The normalized spacial score (nSPS) is 10.4. The molecule has 16 heavy (non-hydrogen) atoms. The van der Waals surface area contributed by atoms with Crippen molar-refractivity contribution < 1.29 is 13.9 Å². The van der Waals surface area contributed by atoms with Crippen molar-refractivity contribution in [1.29, 1.82) is 0 Å². The second-order valence-electron chi connectivity index (χ2n) is 3.15. The van der Waals surface area contributed by atoms with Crippen molar-refractivity contribution in [3.8, 4) is 11.5 Å². The molecular weight excluding hydrogens is 228 g/mol. The molecule has 1 aromatic heterocycles. The van der Waals surface area contributed by atoms with Crippen LogP contribution in [0.1, 0.15) is 0 Å². The van der Waals surface area contributed by atoms with E-state index >= 15 is 0 Å². The fraction of sp³-hybridized carbons (Fsp3) is 0.182. The van der Waals surface area contributed by atoms with Gasteiger partial charge in [0.25, 0.3) is 0 Å². The van der Waals surface area contributed by atoms with Gasteiger partial charge in [-0.15, -0.1) is 12.6 Å². The fourth-order valence-electron chi connectivity index (χ4n) is 1.49. The van der Waals surface area contributed by atoms with E-state index in [1.165, 1.54) is 20.3 Å². The Hall–Kier alpha value is -1.62. The van der Waals surface area contributed by atoms with E-state index in [2.05, 4.69) is 12.6 Å². The highest BCUT2D eigenvalue weighted by Crippen LogP contribution is 2.29. The van der Waals surface area contributed by atoms with Gasteiger partial charge in [-0.05, 0) is 0 Å². The molecular formula is C11H10O4S. The van der Waals surface area contributed by atoms with Gasteiger partial charge in [0, 0.05) is 18.2 Å². The number of benzene rings is 1. The summed E-state index contributed by atoms with van der Waals surface area (Å²) in [7, 11) is 3.02. The fourth-order valence-corrected chi connectivity index (χ4v) is 1.71. The Bertz CT molecular complexity index is 588. The first-order valence-corrected chi connectivity index (χ1v) is 4.99. The number of fused-ring (bicyclic) bond motifs is 1. The molecule has 0 N–H and O–H groups in total. The van der Waals surface area contributed by atoms with Crippen molar-refractivity contribution in [1.82, 2.24) is 0 Å². The molecule has 4 nitrogen and oxygen atoms in total. The van der Waals surface area contributed by atoms with E-state index in [1.54, 1.807) is 12.1 Å². The number of methoxy groups -OCH3 is 2. The number of thiol groups is 1. The van der Waals surface area contributed by atoms with Gasteiger partial charge in [-0.25, -0.2) is 0 Å². The van der Waals surface area contributed by atoms with Gasteiger partial charge in [0.15, 0.2) is 10.5 Å². The van der Waals surface area contributed by atoms with Gasteiger partial charge in [-0.2, -0.15) is 0 Å². The predicted molar refractivity (Wildman–Crippen MR) is 62.8 cm³/mol. The Kier molecular flexibility index (Phi) is 2.78. The van der Waals surface area contributed by atoms with Crippen molar-refractivity contribution in [2.24, 2.45) is 0 Å². The minimum atomic E-state index is -0.189. The average Bonchev–Trinajstić information content (AvgIpc) is 2.26. The first-order chi connectivity index (χ1) is 7.65. The molecule has 0 amide bonds. The summed E-state index contributed by atoms with van der Waals surface area (Å²) in [6.07, 6.45) is 0. The standard InChI is InChI=1S/C11H10O4S/c1-13-6-3-8(14-2)11-7(12)5-10(16)15-9(11)4-6/h3-5,16H,1-2H3. The van der Waals surface area contributed by atoms with Crippen LogP contribution >= 0.6 is 12.6 Å². The summed E-state index contributed by atoms with van der Waals surface area (Å²) in [5.74, 6) is 0.989. The van der Waals surface area contributed by atoms with Crippen LogP contribution in [0, 0.1) is 0 Å². The smallest absolute Gasteiger partial charge is 0.197 e. The molecule has 2 aromatic rings. The summed E-state index contributed by atoms with van der Waals surface area (Å²) in [5.41, 5.74) is 0.208. The van der Waals surface area contributed by atoms with E-state index in [0.29, 0.717) is 22.5 Å². The van der Waals surface area contributed by atoms with Crippen molar-refractivity contribution in [2.45, 2.75) is 5.09 Å². The number of hydrogen-bond donors (Lipinski definition) is 1. The van der Waals surface area contributed by atoms with Crippen LogP contribution in [0.3, 0.4) is 0 Å². The maximum absolute atomic E-state index is 11.7. The zero-order valence-electron chi connectivity index (χ0n) is 8.81. The third-order valence-electron chi connectivity index (χ3n) is 2.21. The zero-order chi connectivity index (χ0) is 11.7. The summed E-state index contributed by atoms with van der Waals surface area (Å²) in [4.78, 5) is 11.7. The van der Waals surface area contributed by atoms with E-state index in [9.17, 15) is 4.79 Å². The van der Waals surface area contributed by atoms with Gasteiger partial charge in [-0.1, -0.05) is 0 Å². The topological polar surface area (TPSA) is 48.7 Å². The quantitative estimate of drug-likeness (QED) is 0.814. The molecule has 84 valence electrons. The van der Waals surface area contributed by atoms with Crippen molar-refractivity contribution in [3.05, 3.63) is 28.4 Å². The summed E-state index contributed by atoms with van der Waals surface area (Å²) >= 11 is 4.01. The number of rotatable bonds is 2. The Morgan fingerprint density at radius 2 is 1.94 bits per heavy atom. The van der Waals surface area contributed by atoms with E-state index in [4.69, 9.17) is 13.9 Å². The third-order valence-corrected chi connectivity index (χ3v) is 2.43. The molecule has 5 heteroatoms. The summed E-state index contributed by atoms with van der Waals surface area (Å²) < 4.78 is 15.5. The average molecular weight is 238 g/mol. The van der Waals surface area contributed by atoms with Gasteiger partial charge in [0.1, 0.15) is 22.5 Å². The van der Waals surface area contributed by atoms with Gasteiger partial charge in [0.2, 0.25) is 0 Å². The SMILES string of the molecule is COc1cc(OC)c2c(=O)cc(S)oc2c1. The molecule has 1 aromatic carbocycles. The minimum Gasteiger partial charge on any atom is -0.496 e. The lowest BCUT2D eigenvalue weighted by Gasteiger charge is -2.07. The lowest BCUT2D eigenvalue weighted by molar-refractivity contribution is 0.394. The van der Waals surface area contributed by atoms with Gasteiger partial charge < -0.3 is 13.9 Å². The molecule has 0 spiro atoms. The third kappa shape index (κ3) is 1.74. The molecule has 2 rings (SSSR count). The van der Waals surface area contributed by atoms with E-state index in [-0.39, 0.29) is 10.5 Å². The molecule has 0 aliphatic rings. The van der Waals surface area contributed by atoms with E-state index < -0.39 is 0 Å². The highest BCUT2D eigenvalue weighted by Gasteiger charge is 2.11. The van der Waals surface area contributed by atoms with Crippen LogP contribution in [0.5, 0.6) is 11.5 Å². The van der Waals surface area contributed by atoms with Crippen molar-refractivity contribution in [2.75, 3.05) is 14.2 Å². The van der Waals surface area contributed by atoms with E-state index in [0.717, 1.165) is 0 Å². The van der Waals surface area contributed by atoms with Crippen molar-refractivity contribution >= 4 is 23.6 Å². The first kappa shape index (κ1) is 10.9. The molecule has 0 saturated heterocycles. The van der Waals surface area contributed by atoms with Crippen LogP contribution in [-0.4, -0.2) is 14.2 Å². The second kappa shape index (κ2) is 4.09. The largest absolute Gasteiger partial charge is 0.496 e. The van der Waals surface area contributed by atoms with Gasteiger partial charge >= 0.3 is 0 Å². The molecule has 0 radical (unpaired) electrons. The molecule has 1 heterocycles. The summed E-state index contributed by atoms with van der Waals surface area (Å²) in [6.45, 7) is 0. The molecule has 0 atom stereocenters. The van der Waals surface area contributed by atoms with E-state index in [1.807, 2.05) is 0 Å². The highest BCUT2D eigenvalue weighted by atomic mass is 32.1. The van der Waals surface area contributed by atoms with Crippen molar-refractivity contribution in [3.63, 3.8) is 0 Å². The van der Waals surface area contributed by atoms with Crippen LogP contribution in [0.25, 0.3) is 11.0 Å². The monoisotopic (exact) mass is 238 g/mol. The van der Waals surface area contributed by atoms with Crippen LogP contribution in [0.2, 0.25) is 0 Å².